The van der Waals surface area contributed by atoms with Gasteiger partial charge in [0.2, 0.25) is 0 Å². The molecule has 0 aliphatic heterocycles. The van der Waals surface area contributed by atoms with Crippen LogP contribution in [0.1, 0.15) is 13.8 Å². The third kappa shape index (κ3) is 1.98. The molecule has 0 aliphatic carbocycles. The molecule has 0 aromatic rings. The number of carbonyl (C=O) groups excluding carboxylic acids is 1. The average molecular weight is 128 g/mol. The van der Waals surface area contributed by atoms with Gasteiger partial charge in [-0.15, -0.1) is 0 Å². The van der Waals surface area contributed by atoms with E-state index in [4.69, 9.17) is 5.11 Å². The highest BCUT2D eigenvalue weighted by Gasteiger charge is 2.23. The summed E-state index contributed by atoms with van der Waals surface area (Å²) < 4.78 is 0. The quantitative estimate of drug-likeness (QED) is 0.570. The first-order chi connectivity index (χ1) is 4.04. The van der Waals surface area contributed by atoms with Crippen LogP contribution >= 0.6 is 0 Å². The smallest absolute Gasteiger partial charge is 0.162 e. The van der Waals surface area contributed by atoms with Crippen LogP contribution in [0.15, 0.2) is 12.7 Å². The van der Waals surface area contributed by atoms with Crippen LogP contribution in [0.5, 0.6) is 0 Å². The number of aliphatic hydroxyl groups excluding tert-OH is 1. The monoisotopic (exact) mass is 128 g/mol. The van der Waals surface area contributed by atoms with Crippen LogP contribution in [0.4, 0.5) is 0 Å². The van der Waals surface area contributed by atoms with E-state index in [1.807, 2.05) is 0 Å². The molecule has 0 saturated carbocycles. The van der Waals surface area contributed by atoms with Gasteiger partial charge in [0.1, 0.15) is 0 Å². The largest absolute Gasteiger partial charge is 0.395 e. The number of rotatable bonds is 3. The Morgan fingerprint density at radius 2 is 2.22 bits per heavy atom. The average Bonchev–Trinajstić information content (AvgIpc) is 1.86. The molecule has 0 rings (SSSR count). The molecule has 2 nitrogen and oxygen atoms in total. The van der Waals surface area contributed by atoms with Crippen LogP contribution < -0.4 is 0 Å². The molecule has 0 saturated heterocycles. The van der Waals surface area contributed by atoms with Gasteiger partial charge in [0.25, 0.3) is 0 Å². The van der Waals surface area contributed by atoms with Crippen LogP contribution in [-0.2, 0) is 4.79 Å². The fourth-order valence-electron chi connectivity index (χ4n) is 0.354. The molecule has 9 heavy (non-hydrogen) atoms. The molecule has 0 aromatic heterocycles. The Hall–Kier alpha value is -0.630. The van der Waals surface area contributed by atoms with Gasteiger partial charge in [-0.25, -0.2) is 0 Å². The summed E-state index contributed by atoms with van der Waals surface area (Å²) >= 11 is 0. The molecule has 0 bridgehead atoms. The fourth-order valence-corrected chi connectivity index (χ4v) is 0.354. The van der Waals surface area contributed by atoms with Gasteiger partial charge in [0, 0.05) is 0 Å². The Morgan fingerprint density at radius 1 is 1.78 bits per heavy atom. The first-order valence-corrected chi connectivity index (χ1v) is 2.82. The molecule has 0 spiro atoms. The zero-order valence-corrected chi connectivity index (χ0v) is 5.85. The lowest BCUT2D eigenvalue weighted by Gasteiger charge is -2.16. The molecule has 0 fully saturated rings. The van der Waals surface area contributed by atoms with Gasteiger partial charge < -0.3 is 5.11 Å². The Balaban J connectivity index is 4.13. The van der Waals surface area contributed by atoms with E-state index in [1.54, 1.807) is 13.8 Å². The third-order valence-electron chi connectivity index (χ3n) is 1.25. The summed E-state index contributed by atoms with van der Waals surface area (Å²) in [5.41, 5.74) is -0.651. The van der Waals surface area contributed by atoms with E-state index in [9.17, 15) is 4.79 Å². The highest BCUT2D eigenvalue weighted by molar-refractivity contribution is 5.93. The summed E-state index contributed by atoms with van der Waals surface area (Å²) in [7, 11) is 0. The molecular formula is C7H12O2. The van der Waals surface area contributed by atoms with Crippen molar-refractivity contribution in [2.24, 2.45) is 5.41 Å². The van der Waals surface area contributed by atoms with Crippen molar-refractivity contribution in [1.29, 1.82) is 0 Å². The predicted molar refractivity (Wildman–Crippen MR) is 36.1 cm³/mol. The normalized spacial score (nSPS) is 11.0. The van der Waals surface area contributed by atoms with Gasteiger partial charge in [-0.05, 0) is 6.08 Å². The minimum atomic E-state index is -0.651. The zero-order valence-electron chi connectivity index (χ0n) is 5.85. The van der Waals surface area contributed by atoms with E-state index in [0.29, 0.717) is 0 Å². The number of allylic oxidation sites excluding steroid dienone is 1. The van der Waals surface area contributed by atoms with E-state index < -0.39 is 5.41 Å². The van der Waals surface area contributed by atoms with Crippen LogP contribution in [0.3, 0.4) is 0 Å². The van der Waals surface area contributed by atoms with Crippen molar-refractivity contribution in [1.82, 2.24) is 0 Å². The Morgan fingerprint density at radius 3 is 2.33 bits per heavy atom. The molecule has 0 aromatic carbocycles. The van der Waals surface area contributed by atoms with E-state index in [1.165, 1.54) is 6.08 Å². The highest BCUT2D eigenvalue weighted by Crippen LogP contribution is 2.14. The van der Waals surface area contributed by atoms with Crippen molar-refractivity contribution >= 4 is 5.78 Å². The first-order valence-electron chi connectivity index (χ1n) is 2.82. The number of aliphatic hydroxyl groups is 1. The van der Waals surface area contributed by atoms with Gasteiger partial charge in [-0.3, -0.25) is 4.79 Å². The van der Waals surface area contributed by atoms with Crippen molar-refractivity contribution in [2.75, 3.05) is 6.61 Å². The van der Waals surface area contributed by atoms with Crippen molar-refractivity contribution in [2.45, 2.75) is 13.8 Å². The second-order valence-electron chi connectivity index (χ2n) is 2.61. The van der Waals surface area contributed by atoms with E-state index in [-0.39, 0.29) is 12.4 Å². The van der Waals surface area contributed by atoms with Crippen molar-refractivity contribution in [3.63, 3.8) is 0 Å². The van der Waals surface area contributed by atoms with Gasteiger partial charge in [-0.2, -0.15) is 0 Å². The number of ketones is 1. The summed E-state index contributed by atoms with van der Waals surface area (Å²) in [6.45, 7) is 6.54. The predicted octanol–water partition coefficient (Wildman–Crippen LogP) is 0.760. The maximum atomic E-state index is 10.8. The number of hydrogen-bond acceptors (Lipinski definition) is 2. The van der Waals surface area contributed by atoms with Crippen molar-refractivity contribution in [3.8, 4) is 0 Å². The summed E-state index contributed by atoms with van der Waals surface area (Å²) in [6, 6.07) is 0. The molecule has 2 heteroatoms. The maximum Gasteiger partial charge on any atom is 0.162 e. The summed E-state index contributed by atoms with van der Waals surface area (Å²) in [6.07, 6.45) is 1.23. The van der Waals surface area contributed by atoms with Crippen molar-refractivity contribution in [3.05, 3.63) is 12.7 Å². The lowest BCUT2D eigenvalue weighted by atomic mass is 9.89. The summed E-state index contributed by atoms with van der Waals surface area (Å²) in [5.74, 6) is -0.120. The van der Waals surface area contributed by atoms with Crippen molar-refractivity contribution < 1.29 is 9.90 Å². The third-order valence-corrected chi connectivity index (χ3v) is 1.25. The second-order valence-corrected chi connectivity index (χ2v) is 2.61. The lowest BCUT2D eigenvalue weighted by Crippen LogP contribution is -2.26. The van der Waals surface area contributed by atoms with Crippen LogP contribution in [0.25, 0.3) is 0 Å². The first kappa shape index (κ1) is 8.37. The standard InChI is InChI=1S/C7H12O2/c1-4-6(9)7(2,3)5-8/h4,8H,1,5H2,2-3H3. The molecule has 0 radical (unpaired) electrons. The molecule has 0 unspecified atom stereocenters. The van der Waals surface area contributed by atoms with Gasteiger partial charge in [-0.1, -0.05) is 20.4 Å². The second kappa shape index (κ2) is 2.78. The SMILES string of the molecule is C=CC(=O)C(C)(C)CO. The van der Waals surface area contributed by atoms with E-state index in [2.05, 4.69) is 6.58 Å². The minimum absolute atomic E-state index is 0.120. The minimum Gasteiger partial charge on any atom is -0.395 e. The van der Waals surface area contributed by atoms with Crippen LogP contribution in [0, 0.1) is 5.41 Å². The topological polar surface area (TPSA) is 37.3 Å². The number of hydrogen-bond donors (Lipinski definition) is 1. The Labute approximate surface area is 55.2 Å². The maximum absolute atomic E-state index is 10.8. The highest BCUT2D eigenvalue weighted by atomic mass is 16.3. The van der Waals surface area contributed by atoms with E-state index >= 15 is 0 Å². The van der Waals surface area contributed by atoms with Gasteiger partial charge in [0.15, 0.2) is 5.78 Å². The summed E-state index contributed by atoms with van der Waals surface area (Å²) in [5, 5.41) is 8.63. The molecule has 0 atom stereocenters. The van der Waals surface area contributed by atoms with E-state index in [0.717, 1.165) is 0 Å². The molecule has 0 amide bonds. The molecule has 0 aliphatic rings. The zero-order chi connectivity index (χ0) is 7.49. The molecule has 1 N–H and O–H groups in total. The molecule has 52 valence electrons. The lowest BCUT2D eigenvalue weighted by molar-refractivity contribution is -0.123. The van der Waals surface area contributed by atoms with Crippen LogP contribution in [0.2, 0.25) is 0 Å². The number of carbonyl (C=O) groups is 1. The molecular weight excluding hydrogens is 116 g/mol. The fraction of sp³-hybridized carbons (Fsp3) is 0.571. The van der Waals surface area contributed by atoms with Gasteiger partial charge >= 0.3 is 0 Å². The summed E-state index contributed by atoms with van der Waals surface area (Å²) in [4.78, 5) is 10.8. The Bertz CT molecular complexity index is 125. The van der Waals surface area contributed by atoms with Crippen LogP contribution in [-0.4, -0.2) is 17.5 Å². The van der Waals surface area contributed by atoms with Gasteiger partial charge in [0.05, 0.1) is 12.0 Å². The Kier molecular flexibility index (Phi) is 2.59. The molecule has 0 heterocycles.